The maximum absolute atomic E-state index is 10.7. The Morgan fingerprint density at radius 1 is 0.708 bits per heavy atom. The maximum atomic E-state index is 10.7. The van der Waals surface area contributed by atoms with Crippen molar-refractivity contribution in [1.82, 2.24) is 4.90 Å². The normalized spacial score (nSPS) is 10.6. The van der Waals surface area contributed by atoms with Gasteiger partial charge in [0.15, 0.2) is 0 Å². The number of hydrogen-bond donors (Lipinski definition) is 2. The molecule has 0 atom stereocenters. The minimum atomic E-state index is -0.967. The smallest absolute Gasteiger partial charge is 1.00 e. The van der Waals surface area contributed by atoms with E-state index in [1.54, 1.807) is 0 Å². The van der Waals surface area contributed by atoms with Crippen molar-refractivity contribution in [2.45, 2.75) is 84.0 Å². The molecule has 0 aliphatic rings. The number of nitrogens with zero attached hydrogens (tertiary/aromatic N) is 1. The monoisotopic (exact) mass is 353 g/mol. The SMILES string of the molecule is CCCCCCCCCCCCCCN(CC(=O)O)CC(=O)O.[H-].[Na+]. The first-order chi connectivity index (χ1) is 11.1. The van der Waals surface area contributed by atoms with Crippen LogP contribution in [0.1, 0.15) is 85.4 Å². The van der Waals surface area contributed by atoms with Gasteiger partial charge in [0.25, 0.3) is 0 Å². The van der Waals surface area contributed by atoms with E-state index in [0.29, 0.717) is 6.54 Å². The van der Waals surface area contributed by atoms with Gasteiger partial charge >= 0.3 is 41.5 Å². The summed E-state index contributed by atoms with van der Waals surface area (Å²) in [5.74, 6) is -1.93. The quantitative estimate of drug-likeness (QED) is 0.304. The van der Waals surface area contributed by atoms with E-state index in [4.69, 9.17) is 10.2 Å². The van der Waals surface area contributed by atoms with Gasteiger partial charge in [0.2, 0.25) is 0 Å². The molecule has 5 nitrogen and oxygen atoms in total. The van der Waals surface area contributed by atoms with Crippen molar-refractivity contribution in [2.75, 3.05) is 19.6 Å². The molecule has 0 amide bonds. The Bertz CT molecular complexity index is 303. The van der Waals surface area contributed by atoms with Crippen molar-refractivity contribution in [3.63, 3.8) is 0 Å². The number of carbonyl (C=O) groups is 2. The first-order valence-corrected chi connectivity index (χ1v) is 9.22. The van der Waals surface area contributed by atoms with Crippen LogP contribution < -0.4 is 29.6 Å². The summed E-state index contributed by atoms with van der Waals surface area (Å²) in [6.07, 6.45) is 15.0. The van der Waals surface area contributed by atoms with Gasteiger partial charge in [-0.2, -0.15) is 0 Å². The standard InChI is InChI=1S/C18H35NO4.Na.H/c1-2-3-4-5-6-7-8-9-10-11-12-13-14-19(15-17(20)21)16-18(22)23;;/h2-16H2,1H3,(H,20,21)(H,22,23);;/q;+1;-1. The van der Waals surface area contributed by atoms with E-state index in [0.717, 1.165) is 19.3 Å². The van der Waals surface area contributed by atoms with Gasteiger partial charge in [-0.1, -0.05) is 77.6 Å². The van der Waals surface area contributed by atoms with Crippen molar-refractivity contribution in [3.05, 3.63) is 0 Å². The summed E-state index contributed by atoms with van der Waals surface area (Å²) in [5.41, 5.74) is 0. The molecule has 0 aromatic rings. The molecule has 0 unspecified atom stereocenters. The average Bonchev–Trinajstić information content (AvgIpc) is 2.47. The zero-order valence-electron chi connectivity index (χ0n) is 16.8. The van der Waals surface area contributed by atoms with E-state index in [1.807, 2.05) is 0 Å². The topological polar surface area (TPSA) is 77.8 Å². The van der Waals surface area contributed by atoms with Crippen LogP contribution in [0.2, 0.25) is 0 Å². The van der Waals surface area contributed by atoms with Gasteiger partial charge < -0.3 is 11.6 Å². The van der Waals surface area contributed by atoms with Crippen molar-refractivity contribution in [1.29, 1.82) is 0 Å². The maximum Gasteiger partial charge on any atom is 1.00 e. The third-order valence-electron chi connectivity index (χ3n) is 4.05. The number of hydrogen-bond acceptors (Lipinski definition) is 3. The third kappa shape index (κ3) is 19.9. The molecule has 0 saturated heterocycles. The minimum absolute atomic E-state index is 0. The Hall–Kier alpha value is -0.100. The summed E-state index contributed by atoms with van der Waals surface area (Å²) < 4.78 is 0. The molecule has 0 aromatic heterocycles. The van der Waals surface area contributed by atoms with Crippen LogP contribution in [0.25, 0.3) is 0 Å². The van der Waals surface area contributed by atoms with Gasteiger partial charge in [0.1, 0.15) is 0 Å². The molecular weight excluding hydrogens is 317 g/mol. The molecule has 2 N–H and O–H groups in total. The molecule has 0 rings (SSSR count). The van der Waals surface area contributed by atoms with Crippen molar-refractivity contribution >= 4 is 11.9 Å². The molecule has 0 saturated carbocycles. The molecule has 0 heterocycles. The second kappa shape index (κ2) is 19.2. The summed E-state index contributed by atoms with van der Waals surface area (Å²) in [6.45, 7) is 2.41. The first-order valence-electron chi connectivity index (χ1n) is 9.22. The van der Waals surface area contributed by atoms with Crippen LogP contribution in [0.15, 0.2) is 0 Å². The zero-order valence-corrected chi connectivity index (χ0v) is 17.8. The Balaban J connectivity index is -0.00000242. The van der Waals surface area contributed by atoms with Crippen LogP contribution in [0.5, 0.6) is 0 Å². The van der Waals surface area contributed by atoms with Gasteiger partial charge in [0, 0.05) is 0 Å². The molecule has 24 heavy (non-hydrogen) atoms. The summed E-state index contributed by atoms with van der Waals surface area (Å²) >= 11 is 0. The van der Waals surface area contributed by atoms with Gasteiger partial charge in [-0.15, -0.1) is 0 Å². The van der Waals surface area contributed by atoms with Crippen LogP contribution in [-0.4, -0.2) is 46.7 Å². The van der Waals surface area contributed by atoms with E-state index in [1.165, 1.54) is 62.7 Å². The van der Waals surface area contributed by atoms with Crippen LogP contribution in [-0.2, 0) is 9.59 Å². The molecular formula is C18H36NNaO4. The molecule has 0 aliphatic heterocycles. The minimum Gasteiger partial charge on any atom is -1.00 e. The van der Waals surface area contributed by atoms with E-state index >= 15 is 0 Å². The van der Waals surface area contributed by atoms with Crippen LogP contribution in [0.4, 0.5) is 0 Å². The molecule has 0 bridgehead atoms. The number of unbranched alkanes of at least 4 members (excludes halogenated alkanes) is 11. The predicted octanol–water partition coefficient (Wildman–Crippen LogP) is 1.28. The first kappa shape index (κ1) is 26.1. The Morgan fingerprint density at radius 2 is 1.04 bits per heavy atom. The fourth-order valence-electron chi connectivity index (χ4n) is 2.77. The number of carboxylic acids is 2. The molecule has 138 valence electrons. The summed E-state index contributed by atoms with van der Waals surface area (Å²) in [5, 5.41) is 17.5. The van der Waals surface area contributed by atoms with Crippen LogP contribution in [0.3, 0.4) is 0 Å². The second-order valence-electron chi connectivity index (χ2n) is 6.39. The molecule has 0 radical (unpaired) electrons. The molecule has 0 aromatic carbocycles. The van der Waals surface area contributed by atoms with E-state index < -0.39 is 11.9 Å². The zero-order chi connectivity index (χ0) is 17.3. The van der Waals surface area contributed by atoms with Gasteiger partial charge in [-0.3, -0.25) is 14.5 Å². The number of aliphatic carboxylic acids is 2. The average molecular weight is 353 g/mol. The summed E-state index contributed by atoms with van der Waals surface area (Å²) in [7, 11) is 0. The second-order valence-corrected chi connectivity index (χ2v) is 6.39. The summed E-state index contributed by atoms with van der Waals surface area (Å²) in [6, 6.07) is 0. The molecule has 0 spiro atoms. The van der Waals surface area contributed by atoms with E-state index in [9.17, 15) is 9.59 Å². The van der Waals surface area contributed by atoms with Gasteiger partial charge in [-0.25, -0.2) is 0 Å². The largest absolute Gasteiger partial charge is 1.00 e. The molecule has 0 aliphatic carbocycles. The van der Waals surface area contributed by atoms with Crippen molar-refractivity contribution < 1.29 is 50.8 Å². The Labute approximate surface area is 171 Å². The fraction of sp³-hybridized carbons (Fsp3) is 0.889. The van der Waals surface area contributed by atoms with Crippen molar-refractivity contribution in [2.24, 2.45) is 0 Å². The Kier molecular flexibility index (Phi) is 20.9. The van der Waals surface area contributed by atoms with Gasteiger partial charge in [0.05, 0.1) is 13.1 Å². The predicted molar refractivity (Wildman–Crippen MR) is 93.9 cm³/mol. The summed E-state index contributed by atoms with van der Waals surface area (Å²) in [4.78, 5) is 22.8. The third-order valence-corrected chi connectivity index (χ3v) is 4.05. The van der Waals surface area contributed by atoms with E-state index in [2.05, 4.69) is 6.92 Å². The fourth-order valence-corrected chi connectivity index (χ4v) is 2.77. The van der Waals surface area contributed by atoms with Crippen LogP contribution >= 0.6 is 0 Å². The van der Waals surface area contributed by atoms with Gasteiger partial charge in [-0.05, 0) is 13.0 Å². The Morgan fingerprint density at radius 3 is 1.38 bits per heavy atom. The molecule has 6 heteroatoms. The molecule has 0 fully saturated rings. The number of rotatable bonds is 17. The van der Waals surface area contributed by atoms with E-state index in [-0.39, 0.29) is 44.1 Å². The van der Waals surface area contributed by atoms with Crippen LogP contribution in [0, 0.1) is 0 Å². The number of carboxylic acid groups (broad SMARTS) is 2. The van der Waals surface area contributed by atoms with Crippen molar-refractivity contribution in [3.8, 4) is 0 Å².